The Hall–Kier alpha value is -1.62. The number of nitrogens with two attached hydrogens (primary N) is 1. The normalized spacial score (nSPS) is 10.9. The molecule has 0 saturated carbocycles. The van der Waals surface area contributed by atoms with Crippen molar-refractivity contribution in [1.29, 1.82) is 0 Å². The van der Waals surface area contributed by atoms with Gasteiger partial charge in [-0.05, 0) is 30.4 Å². The molecular weight excluding hydrogens is 220 g/mol. The fourth-order valence-electron chi connectivity index (χ4n) is 1.52. The number of nitrogens with zero attached hydrogens (tertiary/aromatic N) is 1. The molecular formula is C11H14N4S. The highest BCUT2D eigenvalue weighted by Gasteiger charge is 2.06. The van der Waals surface area contributed by atoms with Gasteiger partial charge in [-0.1, -0.05) is 13.8 Å². The molecule has 0 aliphatic rings. The van der Waals surface area contributed by atoms with Crippen molar-refractivity contribution in [3.63, 3.8) is 0 Å². The number of hydrogen-bond acceptors (Lipinski definition) is 2. The predicted molar refractivity (Wildman–Crippen MR) is 70.6 cm³/mol. The molecule has 5 heteroatoms. The van der Waals surface area contributed by atoms with Gasteiger partial charge in [0.15, 0.2) is 5.11 Å². The second-order valence-electron chi connectivity index (χ2n) is 4.00. The van der Waals surface area contributed by atoms with Gasteiger partial charge in [-0.25, -0.2) is 4.98 Å². The van der Waals surface area contributed by atoms with Gasteiger partial charge in [-0.3, -0.25) is 0 Å². The highest BCUT2D eigenvalue weighted by Crippen LogP contribution is 2.20. The first-order valence-corrected chi connectivity index (χ1v) is 5.53. The summed E-state index contributed by atoms with van der Waals surface area (Å²) < 4.78 is 0. The summed E-state index contributed by atoms with van der Waals surface area (Å²) in [6.45, 7) is 4.21. The van der Waals surface area contributed by atoms with Gasteiger partial charge in [0, 0.05) is 11.6 Å². The van der Waals surface area contributed by atoms with E-state index in [0.717, 1.165) is 22.5 Å². The SMILES string of the molecule is CC(C)c1nc2ccc(NC(N)=S)cc2[nH]1. The minimum atomic E-state index is 0.267. The molecule has 2 rings (SSSR count). The summed E-state index contributed by atoms with van der Waals surface area (Å²) in [5.74, 6) is 1.38. The highest BCUT2D eigenvalue weighted by atomic mass is 32.1. The Kier molecular flexibility index (Phi) is 2.78. The molecule has 0 spiro atoms. The Balaban J connectivity index is 2.41. The van der Waals surface area contributed by atoms with Crippen LogP contribution in [-0.4, -0.2) is 15.1 Å². The summed E-state index contributed by atoms with van der Waals surface area (Å²) in [7, 11) is 0. The van der Waals surface area contributed by atoms with Gasteiger partial charge in [0.1, 0.15) is 5.82 Å². The van der Waals surface area contributed by atoms with Crippen molar-refractivity contribution in [2.45, 2.75) is 19.8 Å². The number of rotatable bonds is 2. The number of imidazole rings is 1. The maximum Gasteiger partial charge on any atom is 0.168 e. The number of thiocarbonyl (C=S) groups is 1. The maximum absolute atomic E-state index is 5.42. The Morgan fingerprint density at radius 1 is 1.50 bits per heavy atom. The van der Waals surface area contributed by atoms with E-state index in [4.69, 9.17) is 18.0 Å². The maximum atomic E-state index is 5.42. The third-order valence-corrected chi connectivity index (χ3v) is 2.42. The number of hydrogen-bond donors (Lipinski definition) is 3. The molecule has 84 valence electrons. The number of benzene rings is 1. The lowest BCUT2D eigenvalue weighted by atomic mass is 10.2. The van der Waals surface area contributed by atoms with E-state index in [0.29, 0.717) is 5.92 Å². The monoisotopic (exact) mass is 234 g/mol. The van der Waals surface area contributed by atoms with E-state index in [9.17, 15) is 0 Å². The van der Waals surface area contributed by atoms with Gasteiger partial charge < -0.3 is 16.0 Å². The van der Waals surface area contributed by atoms with Gasteiger partial charge in [-0.15, -0.1) is 0 Å². The van der Waals surface area contributed by atoms with Gasteiger partial charge in [0.05, 0.1) is 11.0 Å². The summed E-state index contributed by atoms with van der Waals surface area (Å²) in [5, 5.41) is 3.16. The molecule has 0 radical (unpaired) electrons. The van der Waals surface area contributed by atoms with Crippen LogP contribution in [0.1, 0.15) is 25.6 Å². The number of nitrogens with one attached hydrogen (secondary N) is 2. The number of aromatic amines is 1. The zero-order valence-electron chi connectivity index (χ0n) is 9.24. The van der Waals surface area contributed by atoms with Crippen molar-refractivity contribution in [2.24, 2.45) is 5.73 Å². The molecule has 0 bridgehead atoms. The second-order valence-corrected chi connectivity index (χ2v) is 4.44. The Morgan fingerprint density at radius 3 is 2.88 bits per heavy atom. The molecule has 0 aliphatic heterocycles. The van der Waals surface area contributed by atoms with E-state index in [2.05, 4.69) is 29.1 Å². The summed E-state index contributed by atoms with van der Waals surface area (Å²) in [4.78, 5) is 7.76. The van der Waals surface area contributed by atoms with Gasteiger partial charge in [0.2, 0.25) is 0 Å². The average molecular weight is 234 g/mol. The van der Waals surface area contributed by atoms with Crippen LogP contribution >= 0.6 is 12.2 Å². The molecule has 2 aromatic rings. The molecule has 1 aromatic heterocycles. The largest absolute Gasteiger partial charge is 0.376 e. The fourth-order valence-corrected chi connectivity index (χ4v) is 1.64. The van der Waals surface area contributed by atoms with Gasteiger partial charge in [0.25, 0.3) is 0 Å². The van der Waals surface area contributed by atoms with E-state index < -0.39 is 0 Å². The predicted octanol–water partition coefficient (Wildman–Crippen LogP) is 2.34. The second kappa shape index (κ2) is 4.09. The van der Waals surface area contributed by atoms with Crippen LogP contribution in [0.25, 0.3) is 11.0 Å². The Morgan fingerprint density at radius 2 is 2.25 bits per heavy atom. The van der Waals surface area contributed by atoms with Crippen molar-refractivity contribution in [2.75, 3.05) is 5.32 Å². The zero-order valence-corrected chi connectivity index (χ0v) is 10.1. The minimum Gasteiger partial charge on any atom is -0.376 e. The molecule has 16 heavy (non-hydrogen) atoms. The first-order chi connectivity index (χ1) is 7.56. The molecule has 0 saturated heterocycles. The lowest BCUT2D eigenvalue weighted by Gasteiger charge is -2.02. The quantitative estimate of drug-likeness (QED) is 0.698. The zero-order chi connectivity index (χ0) is 11.7. The molecule has 1 aromatic carbocycles. The lowest BCUT2D eigenvalue weighted by molar-refractivity contribution is 0.799. The third kappa shape index (κ3) is 2.14. The molecule has 0 aliphatic carbocycles. The van der Waals surface area contributed by atoms with E-state index in [1.807, 2.05) is 18.2 Å². The smallest absolute Gasteiger partial charge is 0.168 e. The highest BCUT2D eigenvalue weighted by molar-refractivity contribution is 7.80. The number of aromatic nitrogens is 2. The average Bonchev–Trinajstić information content (AvgIpc) is 2.59. The Bertz CT molecular complexity index is 530. The molecule has 0 amide bonds. The van der Waals surface area contributed by atoms with Gasteiger partial charge >= 0.3 is 0 Å². The number of H-pyrrole nitrogens is 1. The van der Waals surface area contributed by atoms with Crippen LogP contribution < -0.4 is 11.1 Å². The van der Waals surface area contributed by atoms with Crippen molar-refractivity contribution in [3.05, 3.63) is 24.0 Å². The lowest BCUT2D eigenvalue weighted by Crippen LogP contribution is -2.18. The molecule has 0 fully saturated rings. The van der Waals surface area contributed by atoms with Crippen molar-refractivity contribution < 1.29 is 0 Å². The summed E-state index contributed by atoms with van der Waals surface area (Å²) >= 11 is 4.79. The topological polar surface area (TPSA) is 66.7 Å². The van der Waals surface area contributed by atoms with Crippen molar-refractivity contribution >= 4 is 34.1 Å². The van der Waals surface area contributed by atoms with Crippen molar-refractivity contribution in [3.8, 4) is 0 Å². The van der Waals surface area contributed by atoms with E-state index in [-0.39, 0.29) is 5.11 Å². The summed E-state index contributed by atoms with van der Waals surface area (Å²) in [5.41, 5.74) is 8.24. The molecule has 4 nitrogen and oxygen atoms in total. The summed E-state index contributed by atoms with van der Waals surface area (Å²) in [6.07, 6.45) is 0. The van der Waals surface area contributed by atoms with Gasteiger partial charge in [-0.2, -0.15) is 0 Å². The number of anilines is 1. The van der Waals surface area contributed by atoms with Crippen LogP contribution in [0.4, 0.5) is 5.69 Å². The van der Waals surface area contributed by atoms with Crippen LogP contribution in [0.3, 0.4) is 0 Å². The van der Waals surface area contributed by atoms with Crippen LogP contribution in [0.5, 0.6) is 0 Å². The number of fused-ring (bicyclic) bond motifs is 1. The van der Waals surface area contributed by atoms with E-state index >= 15 is 0 Å². The van der Waals surface area contributed by atoms with E-state index in [1.165, 1.54) is 0 Å². The molecule has 4 N–H and O–H groups in total. The first-order valence-electron chi connectivity index (χ1n) is 5.12. The molecule has 0 atom stereocenters. The summed E-state index contributed by atoms with van der Waals surface area (Å²) in [6, 6.07) is 5.80. The fraction of sp³-hybridized carbons (Fsp3) is 0.273. The minimum absolute atomic E-state index is 0.267. The molecule has 0 unspecified atom stereocenters. The molecule has 1 heterocycles. The first kappa shape index (κ1) is 10.9. The van der Waals surface area contributed by atoms with Crippen LogP contribution in [0.2, 0.25) is 0 Å². The van der Waals surface area contributed by atoms with Crippen molar-refractivity contribution in [1.82, 2.24) is 9.97 Å². The Labute approximate surface area is 99.3 Å². The van der Waals surface area contributed by atoms with Crippen LogP contribution in [0.15, 0.2) is 18.2 Å². The van der Waals surface area contributed by atoms with Crippen LogP contribution in [0, 0.1) is 0 Å². The van der Waals surface area contributed by atoms with E-state index in [1.54, 1.807) is 0 Å². The standard InChI is InChI=1S/C11H14N4S/c1-6(2)10-14-8-4-3-7(13-11(12)16)5-9(8)15-10/h3-6H,1-2H3,(H,14,15)(H3,12,13,16). The van der Waals surface area contributed by atoms with Crippen LogP contribution in [-0.2, 0) is 0 Å². The third-order valence-electron chi connectivity index (χ3n) is 2.31.